The summed E-state index contributed by atoms with van der Waals surface area (Å²) in [5.74, 6) is 0.135. The van der Waals surface area contributed by atoms with E-state index in [4.69, 9.17) is 16.3 Å². The summed E-state index contributed by atoms with van der Waals surface area (Å²) >= 11 is 9.41. The molecule has 2 amide bonds. The third-order valence-electron chi connectivity index (χ3n) is 3.93. The molecule has 5 nitrogen and oxygen atoms in total. The Morgan fingerprint density at radius 3 is 2.00 bits per heavy atom. The van der Waals surface area contributed by atoms with Crippen LogP contribution in [0.25, 0.3) is 0 Å². The molecule has 3 rings (SSSR count). The Labute approximate surface area is 175 Å². The predicted molar refractivity (Wildman–Crippen MR) is 114 cm³/mol. The number of hydrogen-bond acceptors (Lipinski definition) is 3. The third kappa shape index (κ3) is 4.91. The topological polar surface area (TPSA) is 67.4 Å². The molecule has 28 heavy (non-hydrogen) atoms. The van der Waals surface area contributed by atoms with Gasteiger partial charge in [-0.05, 0) is 66.7 Å². The first-order chi connectivity index (χ1) is 13.5. The van der Waals surface area contributed by atoms with Crippen LogP contribution in [0.15, 0.2) is 71.2 Å². The molecule has 0 spiro atoms. The molecule has 0 saturated heterocycles. The number of halogens is 2. The molecule has 0 atom stereocenters. The summed E-state index contributed by atoms with van der Waals surface area (Å²) in [5, 5.41) is 5.92. The number of amides is 2. The second kappa shape index (κ2) is 8.91. The first-order valence-corrected chi connectivity index (χ1v) is 9.45. The molecule has 3 aromatic rings. The van der Waals surface area contributed by atoms with E-state index in [2.05, 4.69) is 26.6 Å². The van der Waals surface area contributed by atoms with Crippen molar-refractivity contribution in [1.82, 2.24) is 0 Å². The lowest BCUT2D eigenvalue weighted by atomic mass is 10.1. The Morgan fingerprint density at radius 1 is 0.857 bits per heavy atom. The van der Waals surface area contributed by atoms with E-state index in [0.717, 1.165) is 4.47 Å². The monoisotopic (exact) mass is 458 g/mol. The zero-order valence-corrected chi connectivity index (χ0v) is 17.2. The second-order valence-corrected chi connectivity index (χ2v) is 7.16. The molecular formula is C21H16BrClN2O3. The molecule has 0 aliphatic rings. The Kier molecular flexibility index (Phi) is 6.34. The van der Waals surface area contributed by atoms with E-state index in [1.807, 2.05) is 0 Å². The largest absolute Gasteiger partial charge is 0.497 e. The van der Waals surface area contributed by atoms with Gasteiger partial charge in [0.1, 0.15) is 5.75 Å². The lowest BCUT2D eigenvalue weighted by Crippen LogP contribution is -2.14. The van der Waals surface area contributed by atoms with Crippen LogP contribution >= 0.6 is 27.5 Å². The van der Waals surface area contributed by atoms with Crippen molar-refractivity contribution >= 4 is 50.7 Å². The zero-order chi connectivity index (χ0) is 20.1. The maximum Gasteiger partial charge on any atom is 0.257 e. The highest BCUT2D eigenvalue weighted by Crippen LogP contribution is 2.23. The van der Waals surface area contributed by atoms with Crippen LogP contribution in [-0.2, 0) is 0 Å². The summed E-state index contributed by atoms with van der Waals surface area (Å²) in [4.78, 5) is 24.7. The minimum Gasteiger partial charge on any atom is -0.497 e. The predicted octanol–water partition coefficient (Wildman–Crippen LogP) is 5.62. The maximum absolute atomic E-state index is 12.4. The van der Waals surface area contributed by atoms with Crippen LogP contribution in [0, 0.1) is 0 Å². The Morgan fingerprint density at radius 2 is 1.43 bits per heavy atom. The summed E-state index contributed by atoms with van der Waals surface area (Å²) < 4.78 is 5.88. The highest BCUT2D eigenvalue weighted by atomic mass is 79.9. The molecule has 3 aromatic carbocycles. The van der Waals surface area contributed by atoms with Gasteiger partial charge in [0.2, 0.25) is 0 Å². The number of ether oxygens (including phenoxy) is 1. The van der Waals surface area contributed by atoms with Gasteiger partial charge in [-0.25, -0.2) is 0 Å². The van der Waals surface area contributed by atoms with E-state index >= 15 is 0 Å². The van der Waals surface area contributed by atoms with Crippen molar-refractivity contribution in [3.05, 3.63) is 87.4 Å². The van der Waals surface area contributed by atoms with Gasteiger partial charge < -0.3 is 15.4 Å². The molecule has 0 fully saturated rings. The van der Waals surface area contributed by atoms with Gasteiger partial charge >= 0.3 is 0 Å². The SMILES string of the molecule is COc1ccc(NC(=O)c2ccc(NC(=O)c3ccc(Br)cc3Cl)cc2)cc1. The summed E-state index contributed by atoms with van der Waals surface area (Å²) in [6, 6.07) is 18.7. The van der Waals surface area contributed by atoms with Gasteiger partial charge in [-0.3, -0.25) is 9.59 Å². The van der Waals surface area contributed by atoms with Gasteiger partial charge in [-0.1, -0.05) is 27.5 Å². The van der Waals surface area contributed by atoms with E-state index in [-0.39, 0.29) is 11.8 Å². The van der Waals surface area contributed by atoms with Crippen LogP contribution in [-0.4, -0.2) is 18.9 Å². The number of benzene rings is 3. The van der Waals surface area contributed by atoms with E-state index < -0.39 is 0 Å². The van der Waals surface area contributed by atoms with E-state index in [0.29, 0.717) is 33.3 Å². The second-order valence-electron chi connectivity index (χ2n) is 5.84. The Balaban J connectivity index is 1.65. The summed E-state index contributed by atoms with van der Waals surface area (Å²) in [7, 11) is 1.58. The van der Waals surface area contributed by atoms with Crippen LogP contribution in [0.3, 0.4) is 0 Å². The van der Waals surface area contributed by atoms with Crippen molar-refractivity contribution in [2.75, 3.05) is 17.7 Å². The summed E-state index contributed by atoms with van der Waals surface area (Å²) in [6.45, 7) is 0. The standard InChI is InChI=1S/C21H16BrClN2O3/c1-28-17-9-7-16(8-10-17)24-20(26)13-2-5-15(6-3-13)25-21(27)18-11-4-14(22)12-19(18)23/h2-12H,1H3,(H,24,26)(H,25,27). The number of nitrogens with one attached hydrogen (secondary N) is 2. The van der Waals surface area contributed by atoms with Crippen molar-refractivity contribution in [2.45, 2.75) is 0 Å². The number of hydrogen-bond donors (Lipinski definition) is 2. The van der Waals surface area contributed by atoms with Crippen molar-refractivity contribution in [3.8, 4) is 5.75 Å². The van der Waals surface area contributed by atoms with Gasteiger partial charge in [0.25, 0.3) is 11.8 Å². The third-order valence-corrected chi connectivity index (χ3v) is 4.73. The molecule has 2 N–H and O–H groups in total. The first-order valence-electron chi connectivity index (χ1n) is 8.28. The highest BCUT2D eigenvalue weighted by Gasteiger charge is 2.12. The number of methoxy groups -OCH3 is 1. The summed E-state index contributed by atoms with van der Waals surface area (Å²) in [6.07, 6.45) is 0. The zero-order valence-electron chi connectivity index (χ0n) is 14.8. The number of rotatable bonds is 5. The normalized spacial score (nSPS) is 10.2. The molecular weight excluding hydrogens is 444 g/mol. The van der Waals surface area contributed by atoms with Crippen LogP contribution in [0.1, 0.15) is 20.7 Å². The molecule has 7 heteroatoms. The van der Waals surface area contributed by atoms with Crippen molar-refractivity contribution in [2.24, 2.45) is 0 Å². The minimum absolute atomic E-state index is 0.251. The van der Waals surface area contributed by atoms with Crippen LogP contribution in [0.2, 0.25) is 5.02 Å². The number of carbonyl (C=O) groups excluding carboxylic acids is 2. The molecule has 0 bridgehead atoms. The van der Waals surface area contributed by atoms with E-state index in [9.17, 15) is 9.59 Å². The maximum atomic E-state index is 12.4. The Hall–Kier alpha value is -2.83. The van der Waals surface area contributed by atoms with Crippen molar-refractivity contribution < 1.29 is 14.3 Å². The highest BCUT2D eigenvalue weighted by molar-refractivity contribution is 9.10. The van der Waals surface area contributed by atoms with Gasteiger partial charge in [0, 0.05) is 21.4 Å². The Bertz CT molecular complexity index is 1010. The molecule has 0 aliphatic carbocycles. The molecule has 0 heterocycles. The quantitative estimate of drug-likeness (QED) is 0.521. The van der Waals surface area contributed by atoms with Crippen LogP contribution in [0.5, 0.6) is 5.75 Å². The average Bonchev–Trinajstić information content (AvgIpc) is 2.69. The molecule has 0 aromatic heterocycles. The smallest absolute Gasteiger partial charge is 0.257 e. The average molecular weight is 460 g/mol. The minimum atomic E-state index is -0.326. The fourth-order valence-corrected chi connectivity index (χ4v) is 3.21. The van der Waals surface area contributed by atoms with Gasteiger partial charge in [-0.2, -0.15) is 0 Å². The lowest BCUT2D eigenvalue weighted by Gasteiger charge is -2.09. The van der Waals surface area contributed by atoms with Gasteiger partial charge in [0.05, 0.1) is 17.7 Å². The molecule has 0 unspecified atom stereocenters. The molecule has 142 valence electrons. The fourth-order valence-electron chi connectivity index (χ4n) is 2.45. The lowest BCUT2D eigenvalue weighted by molar-refractivity contribution is 0.102. The van der Waals surface area contributed by atoms with E-state index in [1.54, 1.807) is 73.8 Å². The van der Waals surface area contributed by atoms with Crippen molar-refractivity contribution in [1.29, 1.82) is 0 Å². The summed E-state index contributed by atoms with van der Waals surface area (Å²) in [5.41, 5.74) is 2.06. The first kappa shape index (κ1) is 19.9. The van der Waals surface area contributed by atoms with Gasteiger partial charge in [-0.15, -0.1) is 0 Å². The van der Waals surface area contributed by atoms with Crippen LogP contribution < -0.4 is 15.4 Å². The van der Waals surface area contributed by atoms with Gasteiger partial charge in [0.15, 0.2) is 0 Å². The molecule has 0 radical (unpaired) electrons. The molecule has 0 saturated carbocycles. The van der Waals surface area contributed by atoms with Crippen LogP contribution in [0.4, 0.5) is 11.4 Å². The fraction of sp³-hybridized carbons (Fsp3) is 0.0476. The number of anilines is 2. The van der Waals surface area contributed by atoms with E-state index in [1.165, 1.54) is 0 Å². The molecule has 0 aliphatic heterocycles. The number of carbonyl (C=O) groups is 2. The van der Waals surface area contributed by atoms with Crippen molar-refractivity contribution in [3.63, 3.8) is 0 Å².